The first-order valence-electron chi connectivity index (χ1n) is 13.7. The molecular formula is C30H38F3N3O3. The van der Waals surface area contributed by atoms with Crippen LogP contribution in [0.5, 0.6) is 11.5 Å². The second-order valence-electron chi connectivity index (χ2n) is 11.1. The molecule has 0 spiro atoms. The highest BCUT2D eigenvalue weighted by atomic mass is 19.3. The highest BCUT2D eigenvalue weighted by molar-refractivity contribution is 6.01. The number of amides is 1. The number of unbranched alkanes of at least 4 members (excludes halogenated alkanes) is 1. The highest BCUT2D eigenvalue weighted by Gasteiger charge is 2.40. The molecule has 3 aromatic rings. The van der Waals surface area contributed by atoms with Crippen LogP contribution >= 0.6 is 0 Å². The summed E-state index contributed by atoms with van der Waals surface area (Å²) in [7, 11) is 1.34. The molecule has 212 valence electrons. The lowest BCUT2D eigenvalue weighted by atomic mass is 9.75. The molecule has 1 amide bonds. The number of rotatable bonds is 13. The number of hydrogen-bond donors (Lipinski definition) is 1. The number of pyridine rings is 1. The second kappa shape index (κ2) is 11.9. The van der Waals surface area contributed by atoms with Gasteiger partial charge in [-0.25, -0.2) is 8.91 Å². The Morgan fingerprint density at radius 2 is 1.95 bits per heavy atom. The number of methoxy groups -OCH3 is 1. The van der Waals surface area contributed by atoms with Crippen LogP contribution in [-0.2, 0) is 5.41 Å². The molecule has 0 aliphatic heterocycles. The number of carbonyl (C=O) groups is 1. The third-order valence-electron chi connectivity index (χ3n) is 7.71. The Labute approximate surface area is 227 Å². The molecule has 1 aromatic carbocycles. The van der Waals surface area contributed by atoms with Crippen molar-refractivity contribution in [2.45, 2.75) is 90.5 Å². The molecule has 2 aromatic heterocycles. The van der Waals surface area contributed by atoms with Crippen molar-refractivity contribution < 1.29 is 27.4 Å². The SMILES string of the molecule is CCCCC(CC)CC(C)(C)c1ccc2c(-c3cc(OC)c(C(=O)N[C@@H]4C[C@@H]4F)c(OC(F)F)c3)cnn2c1. The standard InChI is InChI=1S/C30H38F3N3O3/c1-6-8-9-18(7-2)15-30(3,4)20-10-11-24-21(16-34-36(24)17-20)19-12-25(38-5)27(26(13-19)39-29(32)33)28(37)35-23-14-22(23)31/h10-13,16-18,22-23,29H,6-9,14-15H2,1-5H3,(H,35,37)/t18?,22-,23+/m0/s1. The van der Waals surface area contributed by atoms with Crippen LogP contribution in [-0.4, -0.2) is 41.5 Å². The molecule has 1 unspecified atom stereocenters. The predicted molar refractivity (Wildman–Crippen MR) is 146 cm³/mol. The van der Waals surface area contributed by atoms with Crippen LogP contribution in [0.2, 0.25) is 0 Å². The van der Waals surface area contributed by atoms with Gasteiger partial charge in [0.2, 0.25) is 0 Å². The number of carbonyl (C=O) groups excluding carboxylic acids is 1. The van der Waals surface area contributed by atoms with E-state index in [0.29, 0.717) is 17.0 Å². The largest absolute Gasteiger partial charge is 0.496 e. The zero-order valence-electron chi connectivity index (χ0n) is 23.3. The third-order valence-corrected chi connectivity index (χ3v) is 7.71. The Bertz CT molecular complexity index is 1310. The molecule has 3 atom stereocenters. The first-order chi connectivity index (χ1) is 18.6. The van der Waals surface area contributed by atoms with Crippen molar-refractivity contribution in [2.24, 2.45) is 5.92 Å². The van der Waals surface area contributed by atoms with E-state index in [2.05, 4.69) is 44.2 Å². The summed E-state index contributed by atoms with van der Waals surface area (Å²) >= 11 is 0. The Morgan fingerprint density at radius 1 is 1.23 bits per heavy atom. The second-order valence-corrected chi connectivity index (χ2v) is 11.1. The number of alkyl halides is 3. The van der Waals surface area contributed by atoms with Gasteiger partial charge in [-0.15, -0.1) is 0 Å². The minimum absolute atomic E-state index is 0.0477. The molecule has 6 nitrogen and oxygen atoms in total. The monoisotopic (exact) mass is 545 g/mol. The van der Waals surface area contributed by atoms with Crippen molar-refractivity contribution in [1.29, 1.82) is 0 Å². The molecule has 1 aliphatic carbocycles. The Balaban J connectivity index is 1.68. The number of fused-ring (bicyclic) bond motifs is 1. The van der Waals surface area contributed by atoms with Gasteiger partial charge in [0.05, 0.1) is 24.9 Å². The van der Waals surface area contributed by atoms with Crippen LogP contribution in [0.25, 0.3) is 16.6 Å². The Hall–Kier alpha value is -3.23. The van der Waals surface area contributed by atoms with Crippen molar-refractivity contribution in [3.05, 3.63) is 47.8 Å². The molecule has 2 heterocycles. The number of nitrogens with zero attached hydrogens (tertiary/aromatic N) is 2. The zero-order chi connectivity index (χ0) is 28.3. The normalized spacial score (nSPS) is 17.9. The van der Waals surface area contributed by atoms with E-state index in [1.54, 1.807) is 16.8 Å². The molecule has 9 heteroatoms. The molecule has 1 fully saturated rings. The van der Waals surface area contributed by atoms with E-state index in [0.717, 1.165) is 23.9 Å². The molecule has 39 heavy (non-hydrogen) atoms. The van der Waals surface area contributed by atoms with Gasteiger partial charge in [0.25, 0.3) is 5.91 Å². The van der Waals surface area contributed by atoms with Crippen LogP contribution in [0.1, 0.15) is 82.1 Å². The first kappa shape index (κ1) is 28.8. The maximum atomic E-state index is 13.4. The Morgan fingerprint density at radius 3 is 2.56 bits per heavy atom. The van der Waals surface area contributed by atoms with Gasteiger partial charge in [-0.3, -0.25) is 4.79 Å². The summed E-state index contributed by atoms with van der Waals surface area (Å²) in [6, 6.07) is 6.38. The van der Waals surface area contributed by atoms with Gasteiger partial charge in [0, 0.05) is 18.2 Å². The lowest BCUT2D eigenvalue weighted by molar-refractivity contribution is -0.0502. The van der Waals surface area contributed by atoms with E-state index in [-0.39, 0.29) is 28.9 Å². The number of benzene rings is 1. The summed E-state index contributed by atoms with van der Waals surface area (Å²) < 4.78 is 52.0. The number of aromatic nitrogens is 2. The minimum Gasteiger partial charge on any atom is -0.496 e. The van der Waals surface area contributed by atoms with E-state index in [9.17, 15) is 18.0 Å². The van der Waals surface area contributed by atoms with Crippen molar-refractivity contribution in [3.8, 4) is 22.6 Å². The van der Waals surface area contributed by atoms with Gasteiger partial charge in [0.15, 0.2) is 0 Å². The number of ether oxygens (including phenoxy) is 2. The smallest absolute Gasteiger partial charge is 0.387 e. The van der Waals surface area contributed by atoms with Gasteiger partial charge >= 0.3 is 6.61 Å². The van der Waals surface area contributed by atoms with E-state index >= 15 is 0 Å². The van der Waals surface area contributed by atoms with Crippen LogP contribution in [0.4, 0.5) is 13.2 Å². The minimum atomic E-state index is -3.16. The maximum absolute atomic E-state index is 13.4. The summed E-state index contributed by atoms with van der Waals surface area (Å²) in [4.78, 5) is 12.8. The summed E-state index contributed by atoms with van der Waals surface area (Å²) in [6.07, 6.45) is 8.58. The highest BCUT2D eigenvalue weighted by Crippen LogP contribution is 2.39. The van der Waals surface area contributed by atoms with E-state index < -0.39 is 24.7 Å². The van der Waals surface area contributed by atoms with Crippen LogP contribution in [0, 0.1) is 5.92 Å². The average Bonchev–Trinajstić information content (AvgIpc) is 3.41. The molecule has 1 saturated carbocycles. The zero-order valence-corrected chi connectivity index (χ0v) is 23.3. The fourth-order valence-corrected chi connectivity index (χ4v) is 5.26. The fourth-order valence-electron chi connectivity index (χ4n) is 5.26. The molecule has 1 N–H and O–H groups in total. The lowest BCUT2D eigenvalue weighted by Crippen LogP contribution is -2.28. The molecule has 4 rings (SSSR count). The average molecular weight is 546 g/mol. The van der Waals surface area contributed by atoms with E-state index in [4.69, 9.17) is 9.47 Å². The Kier molecular flexibility index (Phi) is 8.76. The van der Waals surface area contributed by atoms with Gasteiger partial charge in [-0.1, -0.05) is 59.4 Å². The maximum Gasteiger partial charge on any atom is 0.387 e. The molecule has 0 bridgehead atoms. The predicted octanol–water partition coefficient (Wildman–Crippen LogP) is 7.34. The van der Waals surface area contributed by atoms with Gasteiger partial charge in [-0.2, -0.15) is 13.9 Å². The number of hydrogen-bond acceptors (Lipinski definition) is 4. The summed E-state index contributed by atoms with van der Waals surface area (Å²) in [5.41, 5.74) is 2.86. The molecular weight excluding hydrogens is 507 g/mol. The van der Waals surface area contributed by atoms with Gasteiger partial charge in [0.1, 0.15) is 23.2 Å². The van der Waals surface area contributed by atoms with E-state index in [1.807, 2.05) is 12.3 Å². The summed E-state index contributed by atoms with van der Waals surface area (Å²) in [5.74, 6) is -0.375. The van der Waals surface area contributed by atoms with Crippen LogP contribution < -0.4 is 14.8 Å². The molecule has 1 aliphatic rings. The number of halogens is 3. The molecule has 0 saturated heterocycles. The quantitative estimate of drug-likeness (QED) is 0.244. The van der Waals surface area contributed by atoms with E-state index in [1.165, 1.54) is 32.4 Å². The van der Waals surface area contributed by atoms with Gasteiger partial charge in [-0.05, 0) is 47.1 Å². The van der Waals surface area contributed by atoms with Crippen molar-refractivity contribution >= 4 is 11.4 Å². The van der Waals surface area contributed by atoms with Crippen molar-refractivity contribution in [2.75, 3.05) is 7.11 Å². The van der Waals surface area contributed by atoms with Gasteiger partial charge < -0.3 is 14.8 Å². The van der Waals surface area contributed by atoms with Crippen molar-refractivity contribution in [3.63, 3.8) is 0 Å². The summed E-state index contributed by atoms with van der Waals surface area (Å²) in [5, 5.41) is 7.05. The third kappa shape index (κ3) is 6.50. The van der Waals surface area contributed by atoms with Crippen LogP contribution in [0.3, 0.4) is 0 Å². The lowest BCUT2D eigenvalue weighted by Gasteiger charge is -2.30. The number of nitrogens with one attached hydrogen (secondary N) is 1. The van der Waals surface area contributed by atoms with Crippen LogP contribution in [0.15, 0.2) is 36.7 Å². The van der Waals surface area contributed by atoms with Crippen molar-refractivity contribution in [1.82, 2.24) is 14.9 Å². The molecule has 0 radical (unpaired) electrons. The first-order valence-corrected chi connectivity index (χ1v) is 13.7. The summed E-state index contributed by atoms with van der Waals surface area (Å²) in [6.45, 7) is 5.81. The topological polar surface area (TPSA) is 64.9 Å². The fraction of sp³-hybridized carbons (Fsp3) is 0.533.